The number of hydrogen-bond acceptors (Lipinski definition) is 2. The molecule has 15 heavy (non-hydrogen) atoms. The van der Waals surface area contributed by atoms with Gasteiger partial charge in [0, 0.05) is 13.5 Å². The van der Waals surface area contributed by atoms with Gasteiger partial charge in [0.05, 0.1) is 12.2 Å². The highest BCUT2D eigenvalue weighted by molar-refractivity contribution is 4.94. The van der Waals surface area contributed by atoms with Gasteiger partial charge in [-0.3, -0.25) is 0 Å². The minimum Gasteiger partial charge on any atom is -0.387 e. The molecular weight excluding hydrogens is 209 g/mol. The fraction of sp³-hybridized carbons (Fsp3) is 1.00. The Kier molecular flexibility index (Phi) is 4.00. The Morgan fingerprint density at radius 3 is 2.27 bits per heavy atom. The lowest BCUT2D eigenvalue weighted by molar-refractivity contribution is -0.140. The van der Waals surface area contributed by atoms with Crippen molar-refractivity contribution in [1.29, 1.82) is 0 Å². The van der Waals surface area contributed by atoms with Gasteiger partial charge in [0.1, 0.15) is 0 Å². The predicted octanol–water partition coefficient (Wildman–Crippen LogP) is 2.51. The van der Waals surface area contributed by atoms with Crippen molar-refractivity contribution in [2.45, 2.75) is 43.9 Å². The van der Waals surface area contributed by atoms with E-state index in [1.54, 1.807) is 0 Å². The van der Waals surface area contributed by atoms with Crippen molar-refractivity contribution in [2.24, 2.45) is 5.92 Å². The summed E-state index contributed by atoms with van der Waals surface area (Å²) in [5.41, 5.74) is -1.04. The lowest BCUT2D eigenvalue weighted by Gasteiger charge is -2.27. The van der Waals surface area contributed by atoms with Crippen molar-refractivity contribution in [3.63, 3.8) is 0 Å². The molecule has 0 aromatic heterocycles. The Balaban J connectivity index is 2.32. The molecule has 1 N–H and O–H groups in total. The van der Waals surface area contributed by atoms with E-state index in [4.69, 9.17) is 4.74 Å². The van der Waals surface area contributed by atoms with E-state index in [9.17, 15) is 18.3 Å². The first-order chi connectivity index (χ1) is 6.87. The maximum atomic E-state index is 11.9. The normalized spacial score (nSPS) is 21.4. The van der Waals surface area contributed by atoms with Crippen LogP contribution in [0.15, 0.2) is 0 Å². The highest BCUT2D eigenvalue weighted by atomic mass is 19.4. The summed E-state index contributed by atoms with van der Waals surface area (Å²) in [5, 5.41) is 10.1. The van der Waals surface area contributed by atoms with Crippen LogP contribution in [0.5, 0.6) is 0 Å². The topological polar surface area (TPSA) is 29.5 Å². The van der Waals surface area contributed by atoms with Crippen LogP contribution in [0.2, 0.25) is 0 Å². The van der Waals surface area contributed by atoms with Crippen molar-refractivity contribution in [2.75, 3.05) is 13.7 Å². The summed E-state index contributed by atoms with van der Waals surface area (Å²) in [6, 6.07) is 0. The molecule has 0 aromatic rings. The number of ether oxygens (including phenoxy) is 1. The van der Waals surface area contributed by atoms with Crippen LogP contribution in [0.1, 0.15) is 32.1 Å². The number of halogens is 3. The Hall–Kier alpha value is -0.290. The third kappa shape index (κ3) is 4.38. The molecule has 0 aromatic carbocycles. The molecule has 0 amide bonds. The summed E-state index contributed by atoms with van der Waals surface area (Å²) < 4.78 is 40.6. The quantitative estimate of drug-likeness (QED) is 0.754. The molecule has 0 radical (unpaired) electrons. The van der Waals surface area contributed by atoms with E-state index in [1.807, 2.05) is 0 Å². The van der Waals surface area contributed by atoms with Crippen LogP contribution in [0, 0.1) is 5.92 Å². The zero-order chi connectivity index (χ0) is 11.5. The summed E-state index contributed by atoms with van der Waals surface area (Å²) >= 11 is 0. The van der Waals surface area contributed by atoms with Crippen LogP contribution in [0.3, 0.4) is 0 Å². The van der Waals surface area contributed by atoms with Crippen molar-refractivity contribution >= 4 is 0 Å². The first kappa shape index (κ1) is 12.8. The fourth-order valence-corrected chi connectivity index (χ4v) is 1.86. The van der Waals surface area contributed by atoms with E-state index in [2.05, 4.69) is 0 Å². The van der Waals surface area contributed by atoms with Crippen LogP contribution >= 0.6 is 0 Å². The Morgan fingerprint density at radius 2 is 1.87 bits per heavy atom. The lowest BCUT2D eigenvalue weighted by atomic mass is 9.92. The second kappa shape index (κ2) is 4.70. The maximum Gasteiger partial charge on any atom is 0.389 e. The van der Waals surface area contributed by atoms with Gasteiger partial charge in [0.15, 0.2) is 0 Å². The molecule has 90 valence electrons. The van der Waals surface area contributed by atoms with E-state index in [0.717, 1.165) is 12.8 Å². The molecule has 1 fully saturated rings. The standard InChI is InChI=1S/C10H17F3O2/c1-15-7-9(14,8-3-4-8)5-2-6-10(11,12)13/h8,14H,2-7H2,1H3. The van der Waals surface area contributed by atoms with Crippen LogP contribution < -0.4 is 0 Å². The lowest BCUT2D eigenvalue weighted by Crippen LogP contribution is -2.37. The molecular formula is C10H17F3O2. The molecule has 0 spiro atoms. The SMILES string of the molecule is COCC(O)(CCCC(F)(F)F)C1CC1. The molecule has 0 aliphatic heterocycles. The summed E-state index contributed by atoms with van der Waals surface area (Å²) in [4.78, 5) is 0. The van der Waals surface area contributed by atoms with Gasteiger partial charge in [-0.05, 0) is 31.6 Å². The zero-order valence-corrected chi connectivity index (χ0v) is 8.81. The molecule has 5 heteroatoms. The minimum absolute atomic E-state index is 0.0279. The number of rotatable bonds is 6. The Morgan fingerprint density at radius 1 is 1.27 bits per heavy atom. The van der Waals surface area contributed by atoms with Gasteiger partial charge in [0.25, 0.3) is 0 Å². The van der Waals surface area contributed by atoms with Crippen molar-refractivity contribution in [3.05, 3.63) is 0 Å². The third-order valence-electron chi connectivity index (χ3n) is 2.80. The molecule has 1 saturated carbocycles. The largest absolute Gasteiger partial charge is 0.389 e. The molecule has 0 saturated heterocycles. The van der Waals surface area contributed by atoms with Gasteiger partial charge in [-0.1, -0.05) is 0 Å². The highest BCUT2D eigenvalue weighted by Crippen LogP contribution is 2.43. The van der Waals surface area contributed by atoms with Crippen LogP contribution in [-0.4, -0.2) is 30.6 Å². The van der Waals surface area contributed by atoms with Gasteiger partial charge in [0.2, 0.25) is 0 Å². The molecule has 2 nitrogen and oxygen atoms in total. The first-order valence-corrected chi connectivity index (χ1v) is 5.15. The number of hydrogen-bond donors (Lipinski definition) is 1. The molecule has 1 rings (SSSR count). The van der Waals surface area contributed by atoms with E-state index < -0.39 is 18.2 Å². The molecule has 0 bridgehead atoms. The minimum atomic E-state index is -4.13. The fourth-order valence-electron chi connectivity index (χ4n) is 1.86. The molecule has 1 atom stereocenters. The summed E-state index contributed by atoms with van der Waals surface area (Å²) in [7, 11) is 1.46. The van der Waals surface area contributed by atoms with Crippen molar-refractivity contribution < 1.29 is 23.0 Å². The van der Waals surface area contributed by atoms with E-state index in [-0.39, 0.29) is 25.4 Å². The van der Waals surface area contributed by atoms with E-state index in [0.29, 0.717) is 0 Å². The monoisotopic (exact) mass is 226 g/mol. The van der Waals surface area contributed by atoms with Gasteiger partial charge in [-0.25, -0.2) is 0 Å². The summed E-state index contributed by atoms with van der Waals surface area (Å²) in [6.45, 7) is 0.134. The highest BCUT2D eigenvalue weighted by Gasteiger charge is 2.43. The van der Waals surface area contributed by atoms with E-state index in [1.165, 1.54) is 7.11 Å². The molecule has 0 heterocycles. The van der Waals surface area contributed by atoms with Crippen LogP contribution in [0.4, 0.5) is 13.2 Å². The predicted molar refractivity (Wildman–Crippen MR) is 49.5 cm³/mol. The van der Waals surface area contributed by atoms with Gasteiger partial charge in [-0.2, -0.15) is 13.2 Å². The average Bonchev–Trinajstić information content (AvgIpc) is 2.83. The second-order valence-electron chi connectivity index (χ2n) is 4.28. The van der Waals surface area contributed by atoms with Gasteiger partial charge < -0.3 is 9.84 Å². The average molecular weight is 226 g/mol. The molecule has 1 aliphatic carbocycles. The summed E-state index contributed by atoms with van der Waals surface area (Å²) in [6.07, 6.45) is -3.02. The second-order valence-corrected chi connectivity index (χ2v) is 4.28. The van der Waals surface area contributed by atoms with Gasteiger partial charge in [-0.15, -0.1) is 0 Å². The van der Waals surface area contributed by atoms with Gasteiger partial charge >= 0.3 is 6.18 Å². The van der Waals surface area contributed by atoms with Crippen LogP contribution in [-0.2, 0) is 4.74 Å². The molecule has 1 unspecified atom stereocenters. The summed E-state index contributed by atoms with van der Waals surface area (Å²) in [5.74, 6) is 0.130. The first-order valence-electron chi connectivity index (χ1n) is 5.15. The number of methoxy groups -OCH3 is 1. The third-order valence-corrected chi connectivity index (χ3v) is 2.80. The van der Waals surface area contributed by atoms with Crippen molar-refractivity contribution in [3.8, 4) is 0 Å². The number of alkyl halides is 3. The number of aliphatic hydroxyl groups is 1. The van der Waals surface area contributed by atoms with E-state index >= 15 is 0 Å². The smallest absolute Gasteiger partial charge is 0.387 e. The Labute approximate surface area is 87.4 Å². The Bertz CT molecular complexity index is 201. The van der Waals surface area contributed by atoms with Crippen molar-refractivity contribution in [1.82, 2.24) is 0 Å². The zero-order valence-electron chi connectivity index (χ0n) is 8.81. The molecule has 1 aliphatic rings. The van der Waals surface area contributed by atoms with Crippen LogP contribution in [0.25, 0.3) is 0 Å². The maximum absolute atomic E-state index is 11.9.